The van der Waals surface area contributed by atoms with Gasteiger partial charge >= 0.3 is 6.18 Å². The van der Waals surface area contributed by atoms with E-state index in [1.165, 1.54) is 30.2 Å². The number of hydrogen-bond donors (Lipinski definition) is 0. The molecule has 3 heterocycles. The lowest BCUT2D eigenvalue weighted by atomic mass is 10.0. The van der Waals surface area contributed by atoms with Gasteiger partial charge in [0.25, 0.3) is 5.91 Å². The number of carbonyl (C=O) groups excluding carboxylic acids is 1. The number of hydrogen-bond acceptors (Lipinski definition) is 3. The van der Waals surface area contributed by atoms with Crippen LogP contribution in [0.2, 0.25) is 5.02 Å². The summed E-state index contributed by atoms with van der Waals surface area (Å²) in [5, 5.41) is 4.42. The minimum absolute atomic E-state index is 0.0479. The van der Waals surface area contributed by atoms with Crippen LogP contribution in [0.25, 0.3) is 11.3 Å². The Morgan fingerprint density at radius 3 is 2.42 bits per heavy atom. The third-order valence-corrected chi connectivity index (χ3v) is 5.31. The average Bonchev–Trinajstić information content (AvgIpc) is 3.22. The van der Waals surface area contributed by atoms with Crippen LogP contribution < -0.4 is 0 Å². The molecule has 3 aromatic rings. The second-order valence-corrected chi connectivity index (χ2v) is 8.06. The molecule has 166 valence electrons. The zero-order valence-electron chi connectivity index (χ0n) is 17.8. The molecule has 0 N–H and O–H groups in total. The second kappa shape index (κ2) is 8.37. The maximum absolute atomic E-state index is 14.1. The van der Waals surface area contributed by atoms with Crippen LogP contribution in [0, 0.1) is 6.92 Å². The normalized spacial score (nSPS) is 11.9. The standard InChI is InChI=1S/C21H23ClF3N5O/c1-12(2)30-18(20(31)28(4)11-15-8-9-27-29(15)5)17(13(3)19(30)21(23,24)25)16-7-6-14(22)10-26-16/h6-10,12H,11H2,1-5H3. The number of rotatable bonds is 5. The first-order chi connectivity index (χ1) is 14.4. The quantitative estimate of drug-likeness (QED) is 0.539. The molecule has 0 radical (unpaired) electrons. The number of aryl methyl sites for hydroxylation is 1. The Labute approximate surface area is 183 Å². The Balaban J connectivity index is 2.24. The molecule has 0 aliphatic heterocycles. The molecule has 0 fully saturated rings. The highest BCUT2D eigenvalue weighted by atomic mass is 35.5. The number of amides is 1. The van der Waals surface area contributed by atoms with Gasteiger partial charge in [0.15, 0.2) is 0 Å². The fourth-order valence-corrected chi connectivity index (χ4v) is 3.79. The molecule has 0 aromatic carbocycles. The van der Waals surface area contributed by atoms with E-state index in [0.29, 0.717) is 5.02 Å². The maximum Gasteiger partial charge on any atom is 0.431 e. The molecular formula is C21H23ClF3N5O. The lowest BCUT2D eigenvalue weighted by molar-refractivity contribution is -0.144. The minimum Gasteiger partial charge on any atom is -0.335 e. The SMILES string of the molecule is Cc1c(-c2ccc(Cl)cn2)c(C(=O)N(C)Cc2ccnn2C)n(C(C)C)c1C(F)(F)F. The average molecular weight is 454 g/mol. The van der Waals surface area contributed by atoms with Gasteiger partial charge in [-0.05, 0) is 44.5 Å². The second-order valence-electron chi connectivity index (χ2n) is 7.63. The van der Waals surface area contributed by atoms with E-state index in [1.807, 2.05) is 0 Å². The van der Waals surface area contributed by atoms with Crippen LogP contribution in [0.1, 0.15) is 47.3 Å². The van der Waals surface area contributed by atoms with E-state index in [4.69, 9.17) is 11.6 Å². The van der Waals surface area contributed by atoms with Crippen molar-refractivity contribution < 1.29 is 18.0 Å². The molecule has 0 unspecified atom stereocenters. The molecule has 6 nitrogen and oxygen atoms in total. The van der Waals surface area contributed by atoms with Crippen LogP contribution in [0.4, 0.5) is 13.2 Å². The predicted octanol–water partition coefficient (Wildman–Crippen LogP) is 5.12. The van der Waals surface area contributed by atoms with Gasteiger partial charge in [-0.2, -0.15) is 18.3 Å². The summed E-state index contributed by atoms with van der Waals surface area (Å²) in [6.07, 6.45) is -1.70. The van der Waals surface area contributed by atoms with Gasteiger partial charge in [0, 0.05) is 38.1 Å². The van der Waals surface area contributed by atoms with Crippen molar-refractivity contribution in [2.45, 2.75) is 39.5 Å². The lowest BCUT2D eigenvalue weighted by Gasteiger charge is -2.23. The van der Waals surface area contributed by atoms with Crippen LogP contribution in [0.3, 0.4) is 0 Å². The van der Waals surface area contributed by atoms with Crippen molar-refractivity contribution >= 4 is 17.5 Å². The molecule has 0 atom stereocenters. The fourth-order valence-electron chi connectivity index (χ4n) is 3.67. The van der Waals surface area contributed by atoms with Gasteiger partial charge in [0.2, 0.25) is 0 Å². The molecule has 1 amide bonds. The molecule has 10 heteroatoms. The Morgan fingerprint density at radius 2 is 1.94 bits per heavy atom. The zero-order valence-corrected chi connectivity index (χ0v) is 18.6. The van der Waals surface area contributed by atoms with Crippen molar-refractivity contribution in [2.24, 2.45) is 7.05 Å². The van der Waals surface area contributed by atoms with Crippen molar-refractivity contribution in [3.8, 4) is 11.3 Å². The van der Waals surface area contributed by atoms with Crippen molar-refractivity contribution in [1.82, 2.24) is 24.2 Å². The topological polar surface area (TPSA) is 56.0 Å². The third kappa shape index (κ3) is 4.32. The summed E-state index contributed by atoms with van der Waals surface area (Å²) in [6.45, 7) is 4.79. The molecule has 0 saturated heterocycles. The van der Waals surface area contributed by atoms with E-state index in [1.54, 1.807) is 44.9 Å². The number of aromatic nitrogens is 4. The number of halogens is 4. The monoisotopic (exact) mass is 453 g/mol. The first-order valence-electron chi connectivity index (χ1n) is 9.59. The Morgan fingerprint density at radius 1 is 1.26 bits per heavy atom. The van der Waals surface area contributed by atoms with Crippen LogP contribution in [0.15, 0.2) is 30.6 Å². The highest BCUT2D eigenvalue weighted by Crippen LogP contribution is 2.42. The van der Waals surface area contributed by atoms with E-state index in [-0.39, 0.29) is 29.1 Å². The molecule has 3 rings (SSSR count). The van der Waals surface area contributed by atoms with Crippen LogP contribution >= 0.6 is 11.6 Å². The summed E-state index contributed by atoms with van der Waals surface area (Å²) in [7, 11) is 3.29. The molecule has 3 aromatic heterocycles. The summed E-state index contributed by atoms with van der Waals surface area (Å²) in [5.41, 5.74) is 0.195. The van der Waals surface area contributed by atoms with E-state index in [9.17, 15) is 18.0 Å². The summed E-state index contributed by atoms with van der Waals surface area (Å²) >= 11 is 5.91. The Kier molecular flexibility index (Phi) is 6.18. The molecule has 31 heavy (non-hydrogen) atoms. The Hall–Kier alpha value is -2.81. The smallest absolute Gasteiger partial charge is 0.335 e. The lowest BCUT2D eigenvalue weighted by Crippen LogP contribution is -2.31. The van der Waals surface area contributed by atoms with Crippen molar-refractivity contribution in [2.75, 3.05) is 7.05 Å². The van der Waals surface area contributed by atoms with Gasteiger partial charge in [-0.25, -0.2) is 0 Å². The summed E-state index contributed by atoms with van der Waals surface area (Å²) in [4.78, 5) is 19.1. The van der Waals surface area contributed by atoms with E-state index >= 15 is 0 Å². The van der Waals surface area contributed by atoms with E-state index < -0.39 is 23.8 Å². The number of carbonyl (C=O) groups is 1. The maximum atomic E-state index is 14.1. The van der Waals surface area contributed by atoms with Crippen molar-refractivity contribution in [3.05, 3.63) is 58.3 Å². The molecule has 0 aliphatic carbocycles. The molecule has 0 bridgehead atoms. The predicted molar refractivity (Wildman–Crippen MR) is 112 cm³/mol. The first kappa shape index (κ1) is 22.9. The highest BCUT2D eigenvalue weighted by molar-refractivity contribution is 6.30. The van der Waals surface area contributed by atoms with E-state index in [0.717, 1.165) is 10.3 Å². The van der Waals surface area contributed by atoms with Gasteiger partial charge in [-0.15, -0.1) is 0 Å². The number of pyridine rings is 1. The zero-order chi connectivity index (χ0) is 23.1. The summed E-state index contributed by atoms with van der Waals surface area (Å²) in [5.74, 6) is -0.541. The minimum atomic E-state index is -4.64. The van der Waals surface area contributed by atoms with Gasteiger partial charge in [-0.1, -0.05) is 11.6 Å². The van der Waals surface area contributed by atoms with Crippen LogP contribution in [0.5, 0.6) is 0 Å². The van der Waals surface area contributed by atoms with Crippen molar-refractivity contribution in [1.29, 1.82) is 0 Å². The number of alkyl halides is 3. The summed E-state index contributed by atoms with van der Waals surface area (Å²) in [6, 6.07) is 4.20. The number of nitrogens with zero attached hydrogens (tertiary/aromatic N) is 5. The largest absolute Gasteiger partial charge is 0.431 e. The van der Waals surface area contributed by atoms with Gasteiger partial charge in [0.1, 0.15) is 11.4 Å². The summed E-state index contributed by atoms with van der Waals surface area (Å²) < 4.78 is 44.9. The third-order valence-electron chi connectivity index (χ3n) is 5.09. The fraction of sp³-hybridized carbons (Fsp3) is 0.381. The van der Waals surface area contributed by atoms with Gasteiger partial charge < -0.3 is 9.47 Å². The molecule has 0 saturated carbocycles. The van der Waals surface area contributed by atoms with Crippen LogP contribution in [-0.4, -0.2) is 37.2 Å². The Bertz CT molecular complexity index is 1100. The highest BCUT2D eigenvalue weighted by Gasteiger charge is 2.42. The molecular weight excluding hydrogens is 431 g/mol. The molecule has 0 spiro atoms. The van der Waals surface area contributed by atoms with E-state index in [2.05, 4.69) is 10.1 Å². The first-order valence-corrected chi connectivity index (χ1v) is 9.97. The van der Waals surface area contributed by atoms with Crippen molar-refractivity contribution in [3.63, 3.8) is 0 Å². The molecule has 0 aliphatic rings. The van der Waals surface area contributed by atoms with Gasteiger partial charge in [0.05, 0.1) is 23.0 Å². The van der Waals surface area contributed by atoms with Crippen LogP contribution in [-0.2, 0) is 19.8 Å². The van der Waals surface area contributed by atoms with Gasteiger partial charge in [-0.3, -0.25) is 14.5 Å².